The van der Waals surface area contributed by atoms with Crippen molar-refractivity contribution in [3.05, 3.63) is 24.0 Å². The van der Waals surface area contributed by atoms with E-state index in [-0.39, 0.29) is 17.1 Å². The second kappa shape index (κ2) is 12.6. The summed E-state index contributed by atoms with van der Waals surface area (Å²) in [5.74, 6) is -0.551. The minimum absolute atomic E-state index is 0.0728. The zero-order valence-corrected chi connectivity index (χ0v) is 18.5. The molecule has 164 valence electrons. The van der Waals surface area contributed by atoms with Crippen LogP contribution in [0.1, 0.15) is 65.7 Å². The molecule has 1 saturated carbocycles. The average molecular weight is 409 g/mol. The number of hydrogen-bond acceptors (Lipinski definition) is 6. The molecule has 0 aromatic carbocycles. The first-order valence-electron chi connectivity index (χ1n) is 10.4. The number of allylic oxidation sites excluding steroid dienone is 3. The number of unbranched alkanes of at least 4 members (excludes halogenated alkanes) is 2. The maximum atomic E-state index is 12.3. The lowest BCUT2D eigenvalue weighted by molar-refractivity contribution is -0.148. The highest BCUT2D eigenvalue weighted by molar-refractivity contribution is 5.89. The summed E-state index contributed by atoms with van der Waals surface area (Å²) in [6, 6.07) is 0. The van der Waals surface area contributed by atoms with Gasteiger partial charge in [0.1, 0.15) is 5.78 Å². The van der Waals surface area contributed by atoms with E-state index < -0.39 is 11.9 Å². The van der Waals surface area contributed by atoms with Crippen LogP contribution in [0.4, 0.5) is 0 Å². The maximum absolute atomic E-state index is 12.3. The molecule has 0 N–H and O–H groups in total. The van der Waals surface area contributed by atoms with Gasteiger partial charge in [0.25, 0.3) is 0 Å². The summed E-state index contributed by atoms with van der Waals surface area (Å²) >= 11 is 0. The average Bonchev–Trinajstić information content (AvgIpc) is 2.99. The van der Waals surface area contributed by atoms with E-state index in [4.69, 9.17) is 9.47 Å². The highest BCUT2D eigenvalue weighted by Gasteiger charge is 2.32. The summed E-state index contributed by atoms with van der Waals surface area (Å²) in [6.07, 6.45) is 11.6. The van der Waals surface area contributed by atoms with E-state index in [1.165, 1.54) is 14.0 Å². The molecular weight excluding hydrogens is 372 g/mol. The van der Waals surface area contributed by atoms with Crippen LogP contribution in [0.3, 0.4) is 0 Å². The zero-order chi connectivity index (χ0) is 21.9. The van der Waals surface area contributed by atoms with E-state index in [0.29, 0.717) is 31.1 Å². The van der Waals surface area contributed by atoms with Crippen molar-refractivity contribution < 1.29 is 28.6 Å². The summed E-state index contributed by atoms with van der Waals surface area (Å²) in [6.45, 7) is 6.29. The molecule has 0 spiro atoms. The zero-order valence-electron chi connectivity index (χ0n) is 18.5. The van der Waals surface area contributed by atoms with Gasteiger partial charge in [0.05, 0.1) is 13.7 Å². The van der Waals surface area contributed by atoms with Crippen molar-refractivity contribution in [2.45, 2.75) is 65.7 Å². The molecule has 0 aromatic heterocycles. The lowest BCUT2D eigenvalue weighted by atomic mass is 9.87. The fraction of sp³-hybridized carbons (Fsp3) is 0.696. The number of Topliss-reactive ketones (excluding diaryl/α,β-unsaturated/α-hetero) is 1. The second-order valence-electron chi connectivity index (χ2n) is 8.44. The fourth-order valence-electron chi connectivity index (χ4n) is 3.72. The minimum Gasteiger partial charge on any atom is -0.463 e. The van der Waals surface area contributed by atoms with E-state index in [9.17, 15) is 14.4 Å². The molecule has 0 heterocycles. The largest absolute Gasteiger partial charge is 0.463 e. The summed E-state index contributed by atoms with van der Waals surface area (Å²) in [4.78, 5) is 34.9. The van der Waals surface area contributed by atoms with Crippen LogP contribution in [0.5, 0.6) is 0 Å². The van der Waals surface area contributed by atoms with Crippen LogP contribution in [0.2, 0.25) is 0 Å². The Balaban J connectivity index is 2.50. The van der Waals surface area contributed by atoms with E-state index in [2.05, 4.69) is 30.7 Å². The fourth-order valence-corrected chi connectivity index (χ4v) is 3.72. The van der Waals surface area contributed by atoms with Crippen molar-refractivity contribution in [3.63, 3.8) is 0 Å². The third-order valence-corrected chi connectivity index (χ3v) is 5.18. The number of methoxy groups -OCH3 is 2. The monoisotopic (exact) mass is 408 g/mol. The highest BCUT2D eigenvalue weighted by Crippen LogP contribution is 2.34. The Hall–Kier alpha value is -1.95. The third kappa shape index (κ3) is 9.39. The van der Waals surface area contributed by atoms with E-state index in [1.807, 2.05) is 0 Å². The van der Waals surface area contributed by atoms with Crippen molar-refractivity contribution >= 4 is 17.7 Å². The second-order valence-corrected chi connectivity index (χ2v) is 8.44. The molecule has 0 radical (unpaired) electrons. The number of ether oxygens (including phenoxy) is 3. The number of carbonyl (C=O) groups excluding carboxylic acids is 3. The molecule has 6 heteroatoms. The first kappa shape index (κ1) is 25.1. The number of esters is 2. The molecule has 1 aliphatic rings. The van der Waals surface area contributed by atoms with Gasteiger partial charge >= 0.3 is 11.9 Å². The molecule has 0 amide bonds. The SMILES string of the molecule is COCC(C)(C)CC=C[C@H]1CCC(=O)[C@@H]1CCCCC=C(OC(C)=O)C(=O)OC. The van der Waals surface area contributed by atoms with Crippen LogP contribution in [-0.4, -0.2) is 38.5 Å². The van der Waals surface area contributed by atoms with Gasteiger partial charge in [-0.05, 0) is 49.5 Å². The van der Waals surface area contributed by atoms with Gasteiger partial charge < -0.3 is 14.2 Å². The van der Waals surface area contributed by atoms with Crippen LogP contribution >= 0.6 is 0 Å². The summed E-state index contributed by atoms with van der Waals surface area (Å²) in [5.41, 5.74) is 0.0922. The van der Waals surface area contributed by atoms with Gasteiger partial charge in [-0.3, -0.25) is 9.59 Å². The first-order chi connectivity index (χ1) is 13.7. The Morgan fingerprint density at radius 3 is 2.55 bits per heavy atom. The normalized spacial score (nSPS) is 20.3. The number of ketones is 1. The summed E-state index contributed by atoms with van der Waals surface area (Å²) in [5, 5.41) is 0. The highest BCUT2D eigenvalue weighted by atomic mass is 16.6. The van der Waals surface area contributed by atoms with Gasteiger partial charge in [0.2, 0.25) is 5.76 Å². The van der Waals surface area contributed by atoms with E-state index in [1.54, 1.807) is 13.2 Å². The van der Waals surface area contributed by atoms with E-state index >= 15 is 0 Å². The molecule has 0 bridgehead atoms. The molecule has 0 aromatic rings. The lowest BCUT2D eigenvalue weighted by Gasteiger charge is -2.22. The standard InChI is InChI=1S/C23H36O6/c1-17(24)29-21(22(26)28-5)12-8-6-7-11-19-18(13-14-20(19)25)10-9-15-23(2,3)16-27-4/h9-10,12,18-19H,6-8,11,13-16H2,1-5H3/t18-,19+/m0/s1. The molecule has 0 saturated heterocycles. The Bertz CT molecular complexity index is 617. The Morgan fingerprint density at radius 2 is 1.93 bits per heavy atom. The maximum Gasteiger partial charge on any atom is 0.373 e. The topological polar surface area (TPSA) is 78.9 Å². The first-order valence-corrected chi connectivity index (χ1v) is 10.4. The Morgan fingerprint density at radius 1 is 1.21 bits per heavy atom. The van der Waals surface area contributed by atoms with Gasteiger partial charge in [-0.1, -0.05) is 32.4 Å². The van der Waals surface area contributed by atoms with Crippen LogP contribution in [-0.2, 0) is 28.6 Å². The van der Waals surface area contributed by atoms with E-state index in [0.717, 1.165) is 32.1 Å². The van der Waals surface area contributed by atoms with Crippen molar-refractivity contribution in [2.75, 3.05) is 20.8 Å². The van der Waals surface area contributed by atoms with Crippen LogP contribution in [0.25, 0.3) is 0 Å². The van der Waals surface area contributed by atoms with Crippen molar-refractivity contribution in [1.29, 1.82) is 0 Å². The number of rotatable bonds is 12. The van der Waals surface area contributed by atoms with Crippen molar-refractivity contribution in [1.82, 2.24) is 0 Å². The smallest absolute Gasteiger partial charge is 0.373 e. The molecule has 1 fully saturated rings. The molecule has 0 aliphatic heterocycles. The predicted molar refractivity (Wildman–Crippen MR) is 111 cm³/mol. The van der Waals surface area contributed by atoms with Crippen molar-refractivity contribution in [3.8, 4) is 0 Å². The van der Waals surface area contributed by atoms with Crippen LogP contribution in [0.15, 0.2) is 24.0 Å². The van der Waals surface area contributed by atoms with Crippen LogP contribution in [0, 0.1) is 17.3 Å². The van der Waals surface area contributed by atoms with Crippen molar-refractivity contribution in [2.24, 2.45) is 17.3 Å². The quantitative estimate of drug-likeness (QED) is 0.157. The number of hydrogen-bond donors (Lipinski definition) is 0. The third-order valence-electron chi connectivity index (χ3n) is 5.18. The van der Waals surface area contributed by atoms with Crippen LogP contribution < -0.4 is 0 Å². The Kier molecular flexibility index (Phi) is 10.9. The Labute approximate surface area is 174 Å². The molecule has 2 atom stereocenters. The molecule has 1 rings (SSSR count). The number of carbonyl (C=O) groups is 3. The molecule has 29 heavy (non-hydrogen) atoms. The molecular formula is C23H36O6. The molecule has 1 aliphatic carbocycles. The van der Waals surface area contributed by atoms with Gasteiger partial charge in [-0.25, -0.2) is 4.79 Å². The lowest BCUT2D eigenvalue weighted by Crippen LogP contribution is -2.17. The summed E-state index contributed by atoms with van der Waals surface area (Å²) < 4.78 is 14.7. The molecule has 6 nitrogen and oxygen atoms in total. The van der Waals surface area contributed by atoms with Gasteiger partial charge in [0.15, 0.2) is 0 Å². The predicted octanol–water partition coefficient (Wildman–Crippen LogP) is 4.38. The minimum atomic E-state index is -0.659. The van der Waals surface area contributed by atoms with Gasteiger partial charge in [-0.2, -0.15) is 0 Å². The summed E-state index contributed by atoms with van der Waals surface area (Å²) in [7, 11) is 2.96. The van der Waals surface area contributed by atoms with Gasteiger partial charge in [0, 0.05) is 26.4 Å². The molecule has 0 unspecified atom stereocenters. The van der Waals surface area contributed by atoms with Gasteiger partial charge in [-0.15, -0.1) is 0 Å².